The summed E-state index contributed by atoms with van der Waals surface area (Å²) in [5, 5.41) is 9.47. The maximum absolute atomic E-state index is 9.47. The molecule has 9 rings (SSSR count). The average Bonchev–Trinajstić information content (AvgIpc) is 3.58. The van der Waals surface area contributed by atoms with Crippen molar-refractivity contribution in [3.8, 4) is 39.4 Å². The Morgan fingerprint density at radius 3 is 1.56 bits per heavy atom. The normalized spacial score (nSPS) is 13.0. The van der Waals surface area contributed by atoms with Crippen LogP contribution >= 0.6 is 0 Å². The van der Waals surface area contributed by atoms with E-state index in [9.17, 15) is 5.26 Å². The molecule has 0 radical (unpaired) electrons. The van der Waals surface area contributed by atoms with Crippen LogP contribution in [0.15, 0.2) is 216 Å². The Kier molecular flexibility index (Phi) is 9.40. The molecular weight excluding hydrogens is 693 g/mol. The molecule has 0 saturated carbocycles. The van der Waals surface area contributed by atoms with Gasteiger partial charge in [-0.3, -0.25) is 4.99 Å². The van der Waals surface area contributed by atoms with Crippen LogP contribution in [0.1, 0.15) is 44.5 Å². The summed E-state index contributed by atoms with van der Waals surface area (Å²) < 4.78 is 0. The third-order valence-corrected chi connectivity index (χ3v) is 10.9. The Morgan fingerprint density at radius 2 is 0.982 bits per heavy atom. The van der Waals surface area contributed by atoms with Crippen molar-refractivity contribution in [3.05, 3.63) is 251 Å². The van der Waals surface area contributed by atoms with Gasteiger partial charge in [-0.2, -0.15) is 5.26 Å². The first-order valence-corrected chi connectivity index (χ1v) is 19.1. The Hall–Kier alpha value is -7.61. The zero-order valence-corrected chi connectivity index (χ0v) is 31.3. The molecule has 0 bridgehead atoms. The number of rotatable bonds is 8. The van der Waals surface area contributed by atoms with Crippen LogP contribution in [-0.2, 0) is 12.0 Å². The molecule has 0 unspecified atom stereocenters. The van der Waals surface area contributed by atoms with Gasteiger partial charge >= 0.3 is 0 Å². The highest BCUT2D eigenvalue weighted by Crippen LogP contribution is 2.57. The fourth-order valence-corrected chi connectivity index (χ4v) is 8.15. The van der Waals surface area contributed by atoms with Crippen LogP contribution in [0.5, 0.6) is 0 Å². The predicted octanol–water partition coefficient (Wildman–Crippen LogP) is 11.6. The Labute approximate surface area is 333 Å². The molecule has 57 heavy (non-hydrogen) atoms. The molecule has 4 nitrogen and oxygen atoms in total. The van der Waals surface area contributed by atoms with Crippen molar-refractivity contribution in [2.45, 2.75) is 12.0 Å². The van der Waals surface area contributed by atoms with Crippen LogP contribution in [-0.4, -0.2) is 11.7 Å². The lowest BCUT2D eigenvalue weighted by molar-refractivity contribution is 0.769. The van der Waals surface area contributed by atoms with E-state index in [1.165, 1.54) is 33.4 Å². The fourth-order valence-electron chi connectivity index (χ4n) is 8.15. The first kappa shape index (κ1) is 35.1. The van der Waals surface area contributed by atoms with Crippen molar-refractivity contribution in [1.82, 2.24) is 0 Å². The van der Waals surface area contributed by atoms with Crippen molar-refractivity contribution in [3.63, 3.8) is 0 Å². The minimum Gasteiger partial charge on any atom is -0.383 e. The van der Waals surface area contributed by atoms with Crippen molar-refractivity contribution in [2.75, 3.05) is 0 Å². The lowest BCUT2D eigenvalue weighted by Crippen LogP contribution is -2.28. The lowest BCUT2D eigenvalue weighted by Gasteiger charge is -2.34. The van der Waals surface area contributed by atoms with Gasteiger partial charge in [-0.15, -0.1) is 0 Å². The summed E-state index contributed by atoms with van der Waals surface area (Å²) >= 11 is 0. The maximum Gasteiger partial charge on any atom is 0.157 e. The fraction of sp³-hybridized carbons (Fsp3) is 0.0377. The van der Waals surface area contributed by atoms with Gasteiger partial charge in [0.05, 0.1) is 23.6 Å². The summed E-state index contributed by atoms with van der Waals surface area (Å²) in [5.41, 5.74) is 21.1. The highest BCUT2D eigenvalue weighted by molar-refractivity contribution is 6.11. The van der Waals surface area contributed by atoms with Gasteiger partial charge in [0.2, 0.25) is 0 Å². The van der Waals surface area contributed by atoms with Crippen LogP contribution in [0.2, 0.25) is 0 Å². The molecule has 0 heterocycles. The Morgan fingerprint density at radius 1 is 0.491 bits per heavy atom. The standard InChI is InChI=1S/C53H38N4/c54-35-37-24-26-39(27-25-37)42-28-30-47-48-31-29-43(34-50(48)53(49(47)33-42,45-20-9-3-10-21-45)46-22-11-4-12-23-46)41-18-13-19-44(32-41)52(56-36-38-14-5-1-6-15-38)57-51(55)40-16-7-2-8-17-40/h1-34H,36H2,(H2,55,56,57). The summed E-state index contributed by atoms with van der Waals surface area (Å²) in [6.07, 6.45) is 0. The van der Waals surface area contributed by atoms with E-state index in [4.69, 9.17) is 15.7 Å². The number of nitrogens with zero attached hydrogens (tertiary/aromatic N) is 3. The number of nitriles is 1. The van der Waals surface area contributed by atoms with Gasteiger partial charge in [0.15, 0.2) is 5.84 Å². The van der Waals surface area contributed by atoms with Crippen molar-refractivity contribution in [2.24, 2.45) is 15.7 Å². The number of benzene rings is 8. The van der Waals surface area contributed by atoms with Crippen molar-refractivity contribution < 1.29 is 0 Å². The van der Waals surface area contributed by atoms with Gasteiger partial charge in [0.25, 0.3) is 0 Å². The summed E-state index contributed by atoms with van der Waals surface area (Å²) in [5.74, 6) is 0.993. The summed E-state index contributed by atoms with van der Waals surface area (Å²) in [4.78, 5) is 9.95. The highest BCUT2D eigenvalue weighted by atomic mass is 15.0. The average molecular weight is 731 g/mol. The van der Waals surface area contributed by atoms with E-state index < -0.39 is 5.41 Å². The molecule has 8 aromatic carbocycles. The van der Waals surface area contributed by atoms with E-state index >= 15 is 0 Å². The molecule has 0 saturated heterocycles. The van der Waals surface area contributed by atoms with E-state index in [2.05, 4.69) is 140 Å². The number of fused-ring (bicyclic) bond motifs is 3. The molecule has 8 aromatic rings. The highest BCUT2D eigenvalue weighted by Gasteiger charge is 2.46. The maximum atomic E-state index is 9.47. The first-order valence-electron chi connectivity index (χ1n) is 19.1. The van der Waals surface area contributed by atoms with Crippen LogP contribution in [0, 0.1) is 11.3 Å². The SMILES string of the molecule is N#Cc1ccc(-c2ccc3c(c2)C(c2ccccc2)(c2ccccc2)c2cc(-c4cccc(C(N=C(N)c5ccccc5)=NCc5ccccc5)c4)ccc2-3)cc1. The largest absolute Gasteiger partial charge is 0.383 e. The summed E-state index contributed by atoms with van der Waals surface area (Å²) in [6.45, 7) is 0.476. The van der Waals surface area contributed by atoms with Gasteiger partial charge in [0, 0.05) is 11.1 Å². The molecule has 4 heteroatoms. The topological polar surface area (TPSA) is 74.5 Å². The molecule has 0 spiro atoms. The minimum atomic E-state index is -0.597. The second-order valence-corrected chi connectivity index (χ2v) is 14.3. The molecule has 0 atom stereocenters. The van der Waals surface area contributed by atoms with Gasteiger partial charge in [0.1, 0.15) is 5.84 Å². The molecular formula is C53H38N4. The first-order chi connectivity index (χ1) is 28.1. The molecule has 0 fully saturated rings. The molecule has 0 aromatic heterocycles. The molecule has 1 aliphatic rings. The van der Waals surface area contributed by atoms with Gasteiger partial charge in [-0.25, -0.2) is 4.99 Å². The lowest BCUT2D eigenvalue weighted by atomic mass is 9.67. The molecule has 1 aliphatic carbocycles. The van der Waals surface area contributed by atoms with Crippen LogP contribution < -0.4 is 5.73 Å². The van der Waals surface area contributed by atoms with E-state index in [1.807, 2.05) is 72.8 Å². The zero-order valence-electron chi connectivity index (χ0n) is 31.3. The number of nitrogens with two attached hydrogens (primary N) is 1. The quantitative estimate of drug-likeness (QED) is 0.125. The summed E-state index contributed by atoms with van der Waals surface area (Å²) in [6, 6.07) is 74.0. The zero-order chi connectivity index (χ0) is 38.6. The molecule has 0 amide bonds. The van der Waals surface area contributed by atoms with E-state index in [1.54, 1.807) is 0 Å². The second kappa shape index (κ2) is 15.3. The van der Waals surface area contributed by atoms with Gasteiger partial charge < -0.3 is 5.73 Å². The number of hydrogen-bond donors (Lipinski definition) is 1. The van der Waals surface area contributed by atoms with Crippen LogP contribution in [0.3, 0.4) is 0 Å². The number of hydrogen-bond acceptors (Lipinski definition) is 2. The van der Waals surface area contributed by atoms with Crippen LogP contribution in [0.4, 0.5) is 0 Å². The van der Waals surface area contributed by atoms with Crippen LogP contribution in [0.25, 0.3) is 33.4 Å². The number of aliphatic imine (C=N–C) groups is 2. The van der Waals surface area contributed by atoms with Gasteiger partial charge in [-0.1, -0.05) is 176 Å². The summed E-state index contributed by atoms with van der Waals surface area (Å²) in [7, 11) is 0. The third kappa shape index (κ3) is 6.62. The number of amidine groups is 2. The Bertz CT molecular complexity index is 2760. The van der Waals surface area contributed by atoms with E-state index in [0.29, 0.717) is 23.8 Å². The smallest absolute Gasteiger partial charge is 0.157 e. The molecule has 270 valence electrons. The van der Waals surface area contributed by atoms with Gasteiger partial charge in [-0.05, 0) is 91.5 Å². The molecule has 0 aliphatic heterocycles. The molecule has 2 N–H and O–H groups in total. The second-order valence-electron chi connectivity index (χ2n) is 14.3. The van der Waals surface area contributed by atoms with Crippen molar-refractivity contribution >= 4 is 11.7 Å². The monoisotopic (exact) mass is 730 g/mol. The Balaban J connectivity index is 1.21. The predicted molar refractivity (Wildman–Crippen MR) is 233 cm³/mol. The third-order valence-electron chi connectivity index (χ3n) is 10.9. The van der Waals surface area contributed by atoms with E-state index in [0.717, 1.165) is 38.9 Å². The van der Waals surface area contributed by atoms with E-state index in [-0.39, 0.29) is 0 Å². The van der Waals surface area contributed by atoms with Crippen molar-refractivity contribution in [1.29, 1.82) is 5.26 Å². The minimum absolute atomic E-state index is 0.416.